The maximum Gasteiger partial charge on any atom is 0.0522 e. The van der Waals surface area contributed by atoms with E-state index in [0.717, 1.165) is 0 Å². The molecule has 0 unspecified atom stereocenters. The van der Waals surface area contributed by atoms with Crippen molar-refractivity contribution < 1.29 is 0 Å². The number of aromatic nitrogens is 2. The van der Waals surface area contributed by atoms with Gasteiger partial charge in [0.2, 0.25) is 0 Å². The third kappa shape index (κ3) is 7.39. The molecule has 0 saturated heterocycles. The highest BCUT2D eigenvalue weighted by Gasteiger charge is 2.04. The van der Waals surface area contributed by atoms with Crippen LogP contribution in [0.3, 0.4) is 0 Å². The van der Waals surface area contributed by atoms with Crippen molar-refractivity contribution in [2.45, 2.75) is 90.9 Å². The van der Waals surface area contributed by atoms with E-state index in [4.69, 9.17) is 0 Å². The number of aryl methyl sites for hydroxylation is 2. The van der Waals surface area contributed by atoms with Gasteiger partial charge in [0.25, 0.3) is 0 Å². The van der Waals surface area contributed by atoms with Crippen LogP contribution < -0.4 is 0 Å². The Kier molecular flexibility index (Phi) is 9.48. The molecule has 0 aliphatic rings. The van der Waals surface area contributed by atoms with E-state index in [-0.39, 0.29) is 0 Å². The van der Waals surface area contributed by atoms with Crippen molar-refractivity contribution in [2.75, 3.05) is 0 Å². The van der Waals surface area contributed by atoms with Gasteiger partial charge in [-0.25, -0.2) is 0 Å². The summed E-state index contributed by atoms with van der Waals surface area (Å²) in [5.74, 6) is 0. The van der Waals surface area contributed by atoms with Gasteiger partial charge in [-0.3, -0.25) is 5.10 Å². The maximum absolute atomic E-state index is 4.23. The topological polar surface area (TPSA) is 28.7 Å². The molecule has 1 rings (SSSR count). The number of aromatic amines is 1. The molecule has 0 aliphatic heterocycles. The number of unbranched alkanes of at least 4 members (excludes halogenated alkanes) is 8. The summed E-state index contributed by atoms with van der Waals surface area (Å²) in [5, 5.41) is 7.43. The smallest absolute Gasteiger partial charge is 0.0522 e. The minimum atomic E-state index is 1.19. The van der Waals surface area contributed by atoms with Gasteiger partial charge in [0, 0.05) is 5.69 Å². The van der Waals surface area contributed by atoms with Gasteiger partial charge in [-0.15, -0.1) is 0 Å². The largest absolute Gasteiger partial charge is 0.282 e. The average molecular weight is 264 g/mol. The molecule has 1 heterocycles. The summed E-state index contributed by atoms with van der Waals surface area (Å²) in [6.45, 7) is 4.54. The van der Waals surface area contributed by atoms with Gasteiger partial charge in [-0.2, -0.15) is 5.10 Å². The molecule has 1 N–H and O–H groups in total. The minimum absolute atomic E-state index is 1.19. The molecule has 0 fully saturated rings. The van der Waals surface area contributed by atoms with Crippen LogP contribution in [0.2, 0.25) is 0 Å². The second-order valence-electron chi connectivity index (χ2n) is 5.70. The first kappa shape index (κ1) is 16.3. The number of rotatable bonds is 12. The van der Waals surface area contributed by atoms with Crippen molar-refractivity contribution in [3.8, 4) is 0 Å². The second kappa shape index (κ2) is 11.1. The Labute approximate surface area is 119 Å². The summed E-state index contributed by atoms with van der Waals surface area (Å²) in [6.07, 6.45) is 18.0. The first-order chi connectivity index (χ1) is 9.38. The molecule has 2 nitrogen and oxygen atoms in total. The second-order valence-corrected chi connectivity index (χ2v) is 5.70. The lowest BCUT2D eigenvalue weighted by molar-refractivity contribution is 0.618. The van der Waals surface area contributed by atoms with Gasteiger partial charge in [-0.05, 0) is 31.2 Å². The van der Waals surface area contributed by atoms with E-state index >= 15 is 0 Å². The highest BCUT2D eigenvalue weighted by atomic mass is 15.1. The van der Waals surface area contributed by atoms with Crippen molar-refractivity contribution in [3.63, 3.8) is 0 Å². The number of H-pyrrole nitrogens is 1. The molecule has 0 amide bonds. The van der Waals surface area contributed by atoms with Crippen LogP contribution in [-0.4, -0.2) is 10.2 Å². The van der Waals surface area contributed by atoms with E-state index in [1.54, 1.807) is 0 Å². The summed E-state index contributed by atoms with van der Waals surface area (Å²) in [4.78, 5) is 0. The summed E-state index contributed by atoms with van der Waals surface area (Å²) in [6, 6.07) is 0. The molecular formula is C17H32N2. The van der Waals surface area contributed by atoms with Crippen molar-refractivity contribution >= 4 is 0 Å². The maximum atomic E-state index is 4.23. The SMILES string of the molecule is CCCCCCCc1cn[nH]c1CCCCCCC. The number of nitrogens with one attached hydrogen (secondary N) is 1. The number of hydrogen-bond acceptors (Lipinski definition) is 1. The van der Waals surface area contributed by atoms with Crippen LogP contribution in [0.15, 0.2) is 6.20 Å². The first-order valence-electron chi connectivity index (χ1n) is 8.39. The normalized spacial score (nSPS) is 11.1. The monoisotopic (exact) mass is 264 g/mol. The Balaban J connectivity index is 2.15. The van der Waals surface area contributed by atoms with Gasteiger partial charge in [0.15, 0.2) is 0 Å². The zero-order chi connectivity index (χ0) is 13.8. The van der Waals surface area contributed by atoms with Crippen molar-refractivity contribution in [2.24, 2.45) is 0 Å². The predicted molar refractivity (Wildman–Crippen MR) is 83.5 cm³/mol. The molecule has 0 saturated carbocycles. The zero-order valence-electron chi connectivity index (χ0n) is 13.0. The van der Waals surface area contributed by atoms with Crippen LogP contribution in [-0.2, 0) is 12.8 Å². The Morgan fingerprint density at radius 3 is 2.00 bits per heavy atom. The molecule has 0 radical (unpaired) electrons. The van der Waals surface area contributed by atoms with Gasteiger partial charge in [0.05, 0.1) is 6.20 Å². The molecule has 0 aliphatic carbocycles. The standard InChI is InChI=1S/C17H32N2/c1-3-5-7-9-11-13-16-15-18-19-17(16)14-12-10-8-6-4-2/h15H,3-14H2,1-2H3,(H,18,19). The first-order valence-corrected chi connectivity index (χ1v) is 8.39. The molecular weight excluding hydrogens is 232 g/mol. The highest BCUT2D eigenvalue weighted by Crippen LogP contribution is 2.14. The Morgan fingerprint density at radius 1 is 0.789 bits per heavy atom. The molecule has 0 spiro atoms. The van der Waals surface area contributed by atoms with Crippen LogP contribution in [0.1, 0.15) is 89.3 Å². The Morgan fingerprint density at radius 2 is 1.37 bits per heavy atom. The molecule has 0 bridgehead atoms. The van der Waals surface area contributed by atoms with Gasteiger partial charge < -0.3 is 0 Å². The van der Waals surface area contributed by atoms with E-state index < -0.39 is 0 Å². The van der Waals surface area contributed by atoms with Crippen LogP contribution in [0.5, 0.6) is 0 Å². The van der Waals surface area contributed by atoms with E-state index in [9.17, 15) is 0 Å². The Hall–Kier alpha value is -0.790. The Bertz CT molecular complexity index is 275. The van der Waals surface area contributed by atoms with Crippen molar-refractivity contribution in [3.05, 3.63) is 17.5 Å². The van der Waals surface area contributed by atoms with Gasteiger partial charge in [-0.1, -0.05) is 65.2 Å². The fourth-order valence-corrected chi connectivity index (χ4v) is 2.59. The van der Waals surface area contributed by atoms with Gasteiger partial charge >= 0.3 is 0 Å². The summed E-state index contributed by atoms with van der Waals surface area (Å²) >= 11 is 0. The predicted octanol–water partition coefficient (Wildman–Crippen LogP) is 5.44. The quantitative estimate of drug-likeness (QED) is 0.501. The van der Waals surface area contributed by atoms with Crippen LogP contribution in [0.25, 0.3) is 0 Å². The lowest BCUT2D eigenvalue weighted by Crippen LogP contribution is -1.93. The summed E-state index contributed by atoms with van der Waals surface area (Å²) in [5.41, 5.74) is 2.86. The van der Waals surface area contributed by atoms with E-state index in [2.05, 4.69) is 24.0 Å². The number of hydrogen-bond donors (Lipinski definition) is 1. The number of nitrogens with zero attached hydrogens (tertiary/aromatic N) is 1. The van der Waals surface area contributed by atoms with Crippen molar-refractivity contribution in [1.82, 2.24) is 10.2 Å². The lowest BCUT2D eigenvalue weighted by atomic mass is 10.0. The summed E-state index contributed by atoms with van der Waals surface area (Å²) < 4.78 is 0. The van der Waals surface area contributed by atoms with Crippen LogP contribution >= 0.6 is 0 Å². The van der Waals surface area contributed by atoms with Crippen LogP contribution in [0, 0.1) is 0 Å². The molecule has 0 aromatic carbocycles. The van der Waals surface area contributed by atoms with E-state index in [0.29, 0.717) is 0 Å². The molecule has 1 aromatic heterocycles. The summed E-state index contributed by atoms with van der Waals surface area (Å²) in [7, 11) is 0. The van der Waals surface area contributed by atoms with E-state index in [1.165, 1.54) is 88.3 Å². The van der Waals surface area contributed by atoms with E-state index in [1.807, 2.05) is 6.20 Å². The molecule has 2 heteroatoms. The average Bonchev–Trinajstić information content (AvgIpc) is 2.86. The third-order valence-corrected chi connectivity index (χ3v) is 3.89. The van der Waals surface area contributed by atoms with Crippen LogP contribution in [0.4, 0.5) is 0 Å². The fraction of sp³-hybridized carbons (Fsp3) is 0.824. The van der Waals surface area contributed by atoms with Crippen molar-refractivity contribution in [1.29, 1.82) is 0 Å². The molecule has 19 heavy (non-hydrogen) atoms. The molecule has 1 aromatic rings. The third-order valence-electron chi connectivity index (χ3n) is 3.89. The zero-order valence-corrected chi connectivity index (χ0v) is 13.0. The fourth-order valence-electron chi connectivity index (χ4n) is 2.59. The lowest BCUT2D eigenvalue weighted by Gasteiger charge is -2.04. The van der Waals surface area contributed by atoms with Gasteiger partial charge in [0.1, 0.15) is 0 Å². The molecule has 110 valence electrons. The minimum Gasteiger partial charge on any atom is -0.282 e. The molecule has 0 atom stereocenters. The highest BCUT2D eigenvalue weighted by molar-refractivity contribution is 5.16.